The van der Waals surface area contributed by atoms with Gasteiger partial charge in [-0.3, -0.25) is 38.4 Å². The van der Waals surface area contributed by atoms with Crippen molar-refractivity contribution in [3.05, 3.63) is 130 Å². The molecule has 244 valence electrons. The Hall–Kier alpha value is -6.36. The molecule has 11 nitrogen and oxygen atoms in total. The zero-order valence-electron chi connectivity index (χ0n) is 25.7. The smallest absolute Gasteiger partial charge is 0.313 e. The average molecular weight is 659 g/mol. The molecule has 2 atom stereocenters. The van der Waals surface area contributed by atoms with Crippen LogP contribution in [0.3, 0.4) is 0 Å². The summed E-state index contributed by atoms with van der Waals surface area (Å²) in [6, 6.07) is 25.5. The van der Waals surface area contributed by atoms with Crippen LogP contribution in [-0.2, 0) is 41.9 Å². The Morgan fingerprint density at radius 1 is 0.469 bits per heavy atom. The molecular weight excluding hydrogens is 632 g/mol. The Balaban J connectivity index is 1.08. The van der Waals surface area contributed by atoms with Crippen LogP contribution in [0.5, 0.6) is 11.5 Å². The van der Waals surface area contributed by atoms with Crippen molar-refractivity contribution in [1.29, 1.82) is 0 Å². The van der Waals surface area contributed by atoms with Gasteiger partial charge < -0.3 is 14.2 Å². The van der Waals surface area contributed by atoms with Crippen LogP contribution < -0.4 is 4.74 Å². The van der Waals surface area contributed by atoms with Crippen molar-refractivity contribution in [2.45, 2.75) is 26.1 Å². The molecule has 0 aromatic heterocycles. The lowest BCUT2D eigenvalue weighted by molar-refractivity contribution is -0.149. The fourth-order valence-electron chi connectivity index (χ4n) is 5.66. The number of ether oxygens (including phenoxy) is 3. The van der Waals surface area contributed by atoms with Crippen LogP contribution >= 0.6 is 0 Å². The van der Waals surface area contributed by atoms with Crippen molar-refractivity contribution in [2.24, 2.45) is 11.8 Å². The van der Waals surface area contributed by atoms with E-state index in [0.29, 0.717) is 11.1 Å². The molecule has 6 rings (SSSR count). The van der Waals surface area contributed by atoms with Crippen molar-refractivity contribution in [2.75, 3.05) is 0 Å². The number of hydrogen-bond acceptors (Lipinski definition) is 11. The summed E-state index contributed by atoms with van der Waals surface area (Å²) in [7, 11) is 0. The molecule has 0 aliphatic heterocycles. The molecule has 0 saturated heterocycles. The van der Waals surface area contributed by atoms with Crippen LogP contribution in [0.15, 0.2) is 97.1 Å². The van der Waals surface area contributed by atoms with E-state index in [0.717, 1.165) is 0 Å². The highest BCUT2D eigenvalue weighted by molar-refractivity contribution is 6.37. The Morgan fingerprint density at radius 2 is 0.837 bits per heavy atom. The molecule has 0 radical (unpaired) electrons. The minimum absolute atomic E-state index is 0.00766. The van der Waals surface area contributed by atoms with Gasteiger partial charge in [0.15, 0.2) is 34.7 Å². The number of fused-ring (bicyclic) bond motifs is 2. The molecule has 4 aromatic carbocycles. The maximum atomic E-state index is 13.1. The summed E-state index contributed by atoms with van der Waals surface area (Å²) in [4.78, 5) is 102. The zero-order chi connectivity index (χ0) is 34.7. The van der Waals surface area contributed by atoms with Gasteiger partial charge in [-0.05, 0) is 47.5 Å². The molecule has 11 heteroatoms. The molecular formula is C38H26O11. The van der Waals surface area contributed by atoms with Gasteiger partial charge >= 0.3 is 11.9 Å². The number of esters is 2. The molecule has 49 heavy (non-hydrogen) atoms. The molecule has 0 N–H and O–H groups in total. The standard InChI is InChI=1S/C38H26O11/c39-29(17-31(41)47-19-21-7-3-1-4-8-21)33-35(43)25-13-11-23(15-27(25)37(33)45)49-24-12-14-26-28(16-24)38(46)34(36(26)44)30(40)18-32(42)48-20-22-9-5-2-6-10-22/h1-16,33-34H,17-20H2. The van der Waals surface area contributed by atoms with Gasteiger partial charge in [-0.15, -0.1) is 0 Å². The fraction of sp³-hybridized carbons (Fsp3) is 0.158. The highest BCUT2D eigenvalue weighted by atomic mass is 16.5. The van der Waals surface area contributed by atoms with Gasteiger partial charge in [0.2, 0.25) is 0 Å². The van der Waals surface area contributed by atoms with E-state index in [2.05, 4.69) is 0 Å². The summed E-state index contributed by atoms with van der Waals surface area (Å²) in [6.07, 6.45) is -1.51. The van der Waals surface area contributed by atoms with Crippen LogP contribution in [0.25, 0.3) is 0 Å². The van der Waals surface area contributed by atoms with Gasteiger partial charge in [0.05, 0.1) is 0 Å². The highest BCUT2D eigenvalue weighted by Crippen LogP contribution is 2.35. The number of rotatable bonds is 12. The normalized spacial score (nSPS) is 16.2. The van der Waals surface area contributed by atoms with E-state index in [1.165, 1.54) is 36.4 Å². The van der Waals surface area contributed by atoms with E-state index in [9.17, 15) is 38.4 Å². The van der Waals surface area contributed by atoms with Crippen molar-refractivity contribution in [3.8, 4) is 11.5 Å². The Kier molecular flexibility index (Phi) is 9.16. The maximum absolute atomic E-state index is 13.1. The van der Waals surface area contributed by atoms with Gasteiger partial charge in [0.1, 0.15) is 49.4 Å². The second kappa shape index (κ2) is 13.8. The molecule has 0 fully saturated rings. The maximum Gasteiger partial charge on any atom is 0.313 e. The summed E-state index contributed by atoms with van der Waals surface area (Å²) in [6.45, 7) is -0.132. The third-order valence-electron chi connectivity index (χ3n) is 8.09. The second-order valence-electron chi connectivity index (χ2n) is 11.4. The first-order valence-corrected chi connectivity index (χ1v) is 15.2. The van der Waals surface area contributed by atoms with Crippen LogP contribution in [-0.4, -0.2) is 46.6 Å². The predicted octanol–water partition coefficient (Wildman–Crippen LogP) is 4.87. The Labute approximate surface area is 278 Å². The lowest BCUT2D eigenvalue weighted by Crippen LogP contribution is -2.28. The fourth-order valence-corrected chi connectivity index (χ4v) is 5.66. The highest BCUT2D eigenvalue weighted by Gasteiger charge is 2.45. The van der Waals surface area contributed by atoms with E-state index in [1.54, 1.807) is 60.7 Å². The number of hydrogen-bond donors (Lipinski definition) is 0. The van der Waals surface area contributed by atoms with E-state index >= 15 is 0 Å². The third-order valence-corrected chi connectivity index (χ3v) is 8.09. The van der Waals surface area contributed by atoms with E-state index < -0.39 is 71.3 Å². The van der Waals surface area contributed by atoms with E-state index in [4.69, 9.17) is 14.2 Å². The SMILES string of the molecule is O=C(CC(=O)C1C(=O)c2ccc(Oc3ccc4c(c3)C(=O)C(C(=O)CC(=O)OCc3ccccc3)C4=O)cc2C1=O)OCc1ccccc1. The van der Waals surface area contributed by atoms with Gasteiger partial charge in [-0.1, -0.05) is 60.7 Å². The van der Waals surface area contributed by atoms with Gasteiger partial charge in [0, 0.05) is 22.3 Å². The van der Waals surface area contributed by atoms with Crippen LogP contribution in [0.2, 0.25) is 0 Å². The van der Waals surface area contributed by atoms with Crippen LogP contribution in [0, 0.1) is 11.8 Å². The topological polar surface area (TPSA) is 164 Å². The zero-order valence-corrected chi connectivity index (χ0v) is 25.7. The molecule has 0 bridgehead atoms. The summed E-state index contributed by atoms with van der Waals surface area (Å²) >= 11 is 0. The van der Waals surface area contributed by atoms with Crippen molar-refractivity contribution in [1.82, 2.24) is 0 Å². The van der Waals surface area contributed by atoms with Crippen molar-refractivity contribution >= 4 is 46.6 Å². The lowest BCUT2D eigenvalue weighted by atomic mass is 9.96. The first-order chi connectivity index (χ1) is 23.6. The largest absolute Gasteiger partial charge is 0.460 e. The van der Waals surface area contributed by atoms with Crippen LogP contribution in [0.1, 0.15) is 65.4 Å². The molecule has 0 heterocycles. The Morgan fingerprint density at radius 3 is 1.22 bits per heavy atom. The monoisotopic (exact) mass is 658 g/mol. The minimum Gasteiger partial charge on any atom is -0.460 e. The van der Waals surface area contributed by atoms with Crippen molar-refractivity contribution < 1.29 is 52.6 Å². The molecule has 0 amide bonds. The number of carbonyl (C=O) groups excluding carboxylic acids is 8. The number of benzene rings is 4. The van der Waals surface area contributed by atoms with Gasteiger partial charge in [-0.25, -0.2) is 0 Å². The first kappa shape index (κ1) is 32.6. The molecule has 0 spiro atoms. The summed E-state index contributed by atoms with van der Waals surface area (Å²) in [5, 5.41) is 0. The molecule has 2 unspecified atom stereocenters. The summed E-state index contributed by atoms with van der Waals surface area (Å²) in [5.74, 6) is -9.79. The number of ketones is 6. The number of Topliss-reactive ketones (excluding diaryl/α,β-unsaturated/α-hetero) is 6. The molecule has 2 aliphatic rings. The second-order valence-corrected chi connectivity index (χ2v) is 11.4. The first-order valence-electron chi connectivity index (χ1n) is 15.2. The lowest BCUT2D eigenvalue weighted by Gasteiger charge is -2.08. The van der Waals surface area contributed by atoms with Gasteiger partial charge in [0.25, 0.3) is 0 Å². The van der Waals surface area contributed by atoms with E-state index in [-0.39, 0.29) is 47.0 Å². The van der Waals surface area contributed by atoms with Crippen LogP contribution in [0.4, 0.5) is 0 Å². The predicted molar refractivity (Wildman–Crippen MR) is 169 cm³/mol. The summed E-state index contributed by atoms with van der Waals surface area (Å²) < 4.78 is 16.0. The summed E-state index contributed by atoms with van der Waals surface area (Å²) in [5.41, 5.74) is 1.26. The molecule has 0 saturated carbocycles. The molecule has 4 aromatic rings. The quantitative estimate of drug-likeness (QED) is 0.151. The number of carbonyl (C=O) groups is 8. The van der Waals surface area contributed by atoms with E-state index in [1.807, 2.05) is 0 Å². The van der Waals surface area contributed by atoms with Crippen molar-refractivity contribution in [3.63, 3.8) is 0 Å². The minimum atomic E-state index is -1.69. The van der Waals surface area contributed by atoms with Gasteiger partial charge in [-0.2, -0.15) is 0 Å². The average Bonchev–Trinajstić information content (AvgIpc) is 3.50. The molecule has 2 aliphatic carbocycles. The third kappa shape index (κ3) is 6.86. The Bertz CT molecular complexity index is 1900.